The first-order valence-corrected chi connectivity index (χ1v) is 6.18. The van der Waals surface area contributed by atoms with Gasteiger partial charge in [-0.1, -0.05) is 22.0 Å². The van der Waals surface area contributed by atoms with Crippen LogP contribution in [0.5, 0.6) is 5.75 Å². The Morgan fingerprint density at radius 3 is 2.73 bits per heavy atom. The van der Waals surface area contributed by atoms with Crippen LogP contribution in [0.2, 0.25) is 0 Å². The van der Waals surface area contributed by atoms with Crippen LogP contribution in [0.1, 0.15) is 25.3 Å². The Hall–Kier alpha value is -0.540. The predicted octanol–water partition coefficient (Wildman–Crippen LogP) is 3.13. The molecule has 1 aromatic rings. The number of rotatable bonds is 6. The van der Waals surface area contributed by atoms with Crippen molar-refractivity contribution >= 4 is 15.9 Å². The number of hydrogen-bond donors (Lipinski definition) is 1. The summed E-state index contributed by atoms with van der Waals surface area (Å²) in [5, 5.41) is 0. The fraction of sp³-hybridized carbons (Fsp3) is 0.500. The molecule has 0 fully saturated rings. The average Bonchev–Trinajstić information content (AvgIpc) is 2.22. The zero-order valence-electron chi connectivity index (χ0n) is 9.13. The molecule has 1 rings (SSSR count). The molecule has 0 aliphatic rings. The Morgan fingerprint density at radius 2 is 2.13 bits per heavy atom. The van der Waals surface area contributed by atoms with E-state index < -0.39 is 0 Å². The number of hydrogen-bond acceptors (Lipinski definition) is 2. The molecule has 0 heterocycles. The van der Waals surface area contributed by atoms with Gasteiger partial charge in [-0.05, 0) is 50.4 Å². The van der Waals surface area contributed by atoms with Gasteiger partial charge >= 0.3 is 0 Å². The zero-order valence-corrected chi connectivity index (χ0v) is 10.7. The molecule has 0 atom stereocenters. The standard InChI is InChI=1S/C12H18BrNO/c1-2-15-11-7-6-10(12(13)9-11)5-3-4-8-14/h6-7,9H,2-5,8,14H2,1H3. The normalized spacial score (nSPS) is 10.3. The smallest absolute Gasteiger partial charge is 0.120 e. The number of halogens is 1. The van der Waals surface area contributed by atoms with E-state index in [2.05, 4.69) is 22.0 Å². The Bertz CT molecular complexity index is 302. The van der Waals surface area contributed by atoms with Gasteiger partial charge in [0.15, 0.2) is 0 Å². The van der Waals surface area contributed by atoms with Crippen molar-refractivity contribution in [1.29, 1.82) is 0 Å². The molecule has 2 nitrogen and oxygen atoms in total. The molecule has 0 aliphatic carbocycles. The minimum atomic E-state index is 0.707. The minimum Gasteiger partial charge on any atom is -0.494 e. The highest BCUT2D eigenvalue weighted by molar-refractivity contribution is 9.10. The first-order chi connectivity index (χ1) is 7.27. The van der Waals surface area contributed by atoms with Gasteiger partial charge in [-0.25, -0.2) is 0 Å². The van der Waals surface area contributed by atoms with Gasteiger partial charge in [-0.3, -0.25) is 0 Å². The number of benzene rings is 1. The molecule has 0 amide bonds. The molecule has 1 aromatic carbocycles. The van der Waals surface area contributed by atoms with E-state index in [4.69, 9.17) is 10.5 Å². The maximum Gasteiger partial charge on any atom is 0.120 e. The van der Waals surface area contributed by atoms with Gasteiger partial charge < -0.3 is 10.5 Å². The van der Waals surface area contributed by atoms with Crippen LogP contribution < -0.4 is 10.5 Å². The Balaban J connectivity index is 2.58. The lowest BCUT2D eigenvalue weighted by Crippen LogP contribution is -1.99. The van der Waals surface area contributed by atoms with Gasteiger partial charge in [0.25, 0.3) is 0 Å². The van der Waals surface area contributed by atoms with Gasteiger partial charge in [0.2, 0.25) is 0 Å². The second kappa shape index (κ2) is 6.85. The van der Waals surface area contributed by atoms with Crippen molar-refractivity contribution in [3.05, 3.63) is 28.2 Å². The quantitative estimate of drug-likeness (QED) is 0.807. The Labute approximate surface area is 99.9 Å². The average molecular weight is 272 g/mol. The van der Waals surface area contributed by atoms with Crippen LogP contribution in [0.25, 0.3) is 0 Å². The van der Waals surface area contributed by atoms with Crippen LogP contribution in [-0.2, 0) is 6.42 Å². The van der Waals surface area contributed by atoms with Crippen LogP contribution in [0.3, 0.4) is 0 Å². The van der Waals surface area contributed by atoms with Gasteiger partial charge in [-0.2, -0.15) is 0 Å². The fourth-order valence-corrected chi connectivity index (χ4v) is 2.00. The molecule has 0 aromatic heterocycles. The zero-order chi connectivity index (χ0) is 11.1. The van der Waals surface area contributed by atoms with E-state index in [9.17, 15) is 0 Å². The topological polar surface area (TPSA) is 35.2 Å². The predicted molar refractivity (Wildman–Crippen MR) is 67.3 cm³/mol. The highest BCUT2D eigenvalue weighted by Gasteiger charge is 2.01. The summed E-state index contributed by atoms with van der Waals surface area (Å²) in [6, 6.07) is 6.17. The molecule has 0 bridgehead atoms. The summed E-state index contributed by atoms with van der Waals surface area (Å²) in [5.41, 5.74) is 6.79. The SMILES string of the molecule is CCOc1ccc(CCCCN)c(Br)c1. The van der Waals surface area contributed by atoms with E-state index in [0.717, 1.165) is 36.0 Å². The summed E-state index contributed by atoms with van der Waals surface area (Å²) >= 11 is 3.56. The number of nitrogens with two attached hydrogens (primary N) is 1. The lowest BCUT2D eigenvalue weighted by Gasteiger charge is -2.07. The van der Waals surface area contributed by atoms with Gasteiger partial charge in [-0.15, -0.1) is 0 Å². The third-order valence-corrected chi connectivity index (χ3v) is 2.97. The molecular formula is C12H18BrNO. The van der Waals surface area contributed by atoms with Crippen molar-refractivity contribution in [3.63, 3.8) is 0 Å². The van der Waals surface area contributed by atoms with E-state index in [1.54, 1.807) is 0 Å². The monoisotopic (exact) mass is 271 g/mol. The maximum atomic E-state index is 5.46. The molecule has 0 saturated heterocycles. The number of ether oxygens (including phenoxy) is 1. The summed E-state index contributed by atoms with van der Waals surface area (Å²) in [6.45, 7) is 3.47. The van der Waals surface area contributed by atoms with Crippen molar-refractivity contribution in [1.82, 2.24) is 0 Å². The van der Waals surface area contributed by atoms with Crippen LogP contribution >= 0.6 is 15.9 Å². The van der Waals surface area contributed by atoms with E-state index in [1.807, 2.05) is 19.1 Å². The molecule has 2 N–H and O–H groups in total. The first kappa shape index (κ1) is 12.5. The van der Waals surface area contributed by atoms with Crippen molar-refractivity contribution in [2.45, 2.75) is 26.2 Å². The molecular weight excluding hydrogens is 254 g/mol. The van der Waals surface area contributed by atoms with Crippen LogP contribution in [0.15, 0.2) is 22.7 Å². The second-order valence-corrected chi connectivity index (χ2v) is 4.29. The van der Waals surface area contributed by atoms with Crippen molar-refractivity contribution < 1.29 is 4.74 Å². The maximum absolute atomic E-state index is 5.46. The molecule has 0 unspecified atom stereocenters. The third kappa shape index (κ3) is 4.22. The van der Waals surface area contributed by atoms with Crippen molar-refractivity contribution in [2.24, 2.45) is 5.73 Å². The molecule has 0 saturated carbocycles. The molecule has 0 spiro atoms. The highest BCUT2D eigenvalue weighted by Crippen LogP contribution is 2.24. The van der Waals surface area contributed by atoms with E-state index in [1.165, 1.54) is 5.56 Å². The van der Waals surface area contributed by atoms with E-state index in [0.29, 0.717) is 6.61 Å². The van der Waals surface area contributed by atoms with Gasteiger partial charge in [0.1, 0.15) is 5.75 Å². The number of aryl methyl sites for hydroxylation is 1. The fourth-order valence-electron chi connectivity index (χ4n) is 1.45. The third-order valence-electron chi connectivity index (χ3n) is 2.24. The number of unbranched alkanes of at least 4 members (excludes halogenated alkanes) is 1. The molecule has 3 heteroatoms. The molecule has 84 valence electrons. The summed E-state index contributed by atoms with van der Waals surface area (Å²) in [7, 11) is 0. The van der Waals surface area contributed by atoms with Crippen LogP contribution in [-0.4, -0.2) is 13.2 Å². The van der Waals surface area contributed by atoms with Gasteiger partial charge in [0.05, 0.1) is 6.61 Å². The van der Waals surface area contributed by atoms with Crippen molar-refractivity contribution in [2.75, 3.05) is 13.2 Å². The molecule has 0 radical (unpaired) electrons. The first-order valence-electron chi connectivity index (χ1n) is 5.39. The Morgan fingerprint density at radius 1 is 1.33 bits per heavy atom. The summed E-state index contributed by atoms with van der Waals surface area (Å²) in [6.07, 6.45) is 3.30. The lowest BCUT2D eigenvalue weighted by atomic mass is 10.1. The van der Waals surface area contributed by atoms with Gasteiger partial charge in [0, 0.05) is 4.47 Å². The van der Waals surface area contributed by atoms with E-state index >= 15 is 0 Å². The largest absolute Gasteiger partial charge is 0.494 e. The second-order valence-electron chi connectivity index (χ2n) is 3.43. The highest BCUT2D eigenvalue weighted by atomic mass is 79.9. The van der Waals surface area contributed by atoms with Crippen LogP contribution in [0, 0.1) is 0 Å². The minimum absolute atomic E-state index is 0.707. The molecule has 0 aliphatic heterocycles. The van der Waals surface area contributed by atoms with Crippen molar-refractivity contribution in [3.8, 4) is 5.75 Å². The van der Waals surface area contributed by atoms with Crippen LogP contribution in [0.4, 0.5) is 0 Å². The molecule has 15 heavy (non-hydrogen) atoms. The summed E-state index contributed by atoms with van der Waals surface area (Å²) in [5.74, 6) is 0.923. The Kier molecular flexibility index (Phi) is 5.73. The summed E-state index contributed by atoms with van der Waals surface area (Å²) in [4.78, 5) is 0. The lowest BCUT2D eigenvalue weighted by molar-refractivity contribution is 0.340. The van der Waals surface area contributed by atoms with E-state index in [-0.39, 0.29) is 0 Å². The summed E-state index contributed by atoms with van der Waals surface area (Å²) < 4.78 is 6.55.